The summed E-state index contributed by atoms with van der Waals surface area (Å²) in [6.45, 7) is 5.87. The number of carbonyl (C=O) groups is 1. The molecular formula is C20H20N4O2. The van der Waals surface area contributed by atoms with Crippen LogP contribution in [0.25, 0.3) is 10.8 Å². The van der Waals surface area contributed by atoms with E-state index in [1.165, 1.54) is 12.6 Å². The molecule has 0 radical (unpaired) electrons. The fourth-order valence-corrected chi connectivity index (χ4v) is 2.93. The molecule has 3 aromatic rings. The lowest BCUT2D eigenvalue weighted by Gasteiger charge is -2.09. The van der Waals surface area contributed by atoms with Crippen molar-refractivity contribution in [1.82, 2.24) is 15.2 Å². The van der Waals surface area contributed by atoms with Gasteiger partial charge in [0, 0.05) is 18.0 Å². The molecule has 0 spiro atoms. The Balaban J connectivity index is 1.95. The second kappa shape index (κ2) is 6.92. The van der Waals surface area contributed by atoms with Crippen LogP contribution in [-0.4, -0.2) is 21.4 Å². The lowest BCUT2D eigenvalue weighted by Crippen LogP contribution is -2.27. The maximum Gasteiger partial charge on any atom is 0.292 e. The Morgan fingerprint density at radius 1 is 1.12 bits per heavy atom. The summed E-state index contributed by atoms with van der Waals surface area (Å²) in [4.78, 5) is 24.8. The molecule has 1 N–H and O–H groups in total. The number of fused-ring (bicyclic) bond motifs is 1. The van der Waals surface area contributed by atoms with Crippen molar-refractivity contribution in [2.75, 3.05) is 0 Å². The highest BCUT2D eigenvalue weighted by molar-refractivity contribution is 6.06. The Labute approximate surface area is 151 Å². The molecule has 0 saturated carbocycles. The lowest BCUT2D eigenvalue weighted by atomic mass is 10.0. The van der Waals surface area contributed by atoms with Crippen LogP contribution in [0.1, 0.15) is 34.1 Å². The van der Waals surface area contributed by atoms with Gasteiger partial charge in [-0.3, -0.25) is 9.59 Å². The molecule has 0 aliphatic rings. The molecule has 0 atom stereocenters. The first-order valence-corrected chi connectivity index (χ1v) is 8.27. The van der Waals surface area contributed by atoms with Gasteiger partial charge in [-0.2, -0.15) is 10.2 Å². The molecule has 0 saturated heterocycles. The highest BCUT2D eigenvalue weighted by atomic mass is 16.2. The van der Waals surface area contributed by atoms with Crippen LogP contribution in [0.3, 0.4) is 0 Å². The summed E-state index contributed by atoms with van der Waals surface area (Å²) < 4.78 is 1.16. The number of hydrogen-bond acceptors (Lipinski definition) is 4. The summed E-state index contributed by atoms with van der Waals surface area (Å²) in [5, 5.41) is 9.27. The minimum Gasteiger partial charge on any atom is -0.267 e. The van der Waals surface area contributed by atoms with Gasteiger partial charge in [0.1, 0.15) is 0 Å². The molecule has 6 nitrogen and oxygen atoms in total. The fraction of sp³-hybridized carbons (Fsp3) is 0.200. The molecule has 6 heteroatoms. The van der Waals surface area contributed by atoms with E-state index in [-0.39, 0.29) is 11.3 Å². The van der Waals surface area contributed by atoms with Gasteiger partial charge in [-0.15, -0.1) is 0 Å². The molecule has 26 heavy (non-hydrogen) atoms. The van der Waals surface area contributed by atoms with Crippen LogP contribution in [-0.2, 0) is 7.05 Å². The van der Waals surface area contributed by atoms with Crippen molar-refractivity contribution in [3.63, 3.8) is 0 Å². The van der Waals surface area contributed by atoms with E-state index < -0.39 is 5.91 Å². The maximum absolute atomic E-state index is 12.6. The van der Waals surface area contributed by atoms with Crippen LogP contribution in [0.4, 0.5) is 0 Å². The van der Waals surface area contributed by atoms with Crippen LogP contribution in [0.2, 0.25) is 0 Å². The van der Waals surface area contributed by atoms with Gasteiger partial charge in [-0.25, -0.2) is 10.1 Å². The predicted octanol–water partition coefficient (Wildman–Crippen LogP) is 2.70. The minimum atomic E-state index is -0.457. The van der Waals surface area contributed by atoms with Gasteiger partial charge >= 0.3 is 0 Å². The Hall–Kier alpha value is -3.28. The number of hydrazone groups is 1. The molecule has 0 aliphatic carbocycles. The van der Waals surface area contributed by atoms with Gasteiger partial charge in [-0.05, 0) is 32.4 Å². The SMILES string of the molecule is C/C(=N/NC(=O)c1nn(C)c(=O)c2ccccc12)c1ccc(C)cc1C. The topological polar surface area (TPSA) is 76.3 Å². The number of nitrogens with zero attached hydrogens (tertiary/aromatic N) is 3. The zero-order valence-electron chi connectivity index (χ0n) is 15.2. The van der Waals surface area contributed by atoms with Gasteiger partial charge in [0.05, 0.1) is 11.1 Å². The number of hydrogen-bond donors (Lipinski definition) is 1. The molecule has 132 valence electrons. The smallest absolute Gasteiger partial charge is 0.267 e. The summed E-state index contributed by atoms with van der Waals surface area (Å²) in [6.07, 6.45) is 0. The standard InChI is InChI=1S/C20H20N4O2/c1-12-9-10-15(13(2)11-12)14(3)21-22-19(25)18-16-7-5-6-8-17(16)20(26)24(4)23-18/h5-11H,1-4H3,(H,22,25)/b21-14-. The Morgan fingerprint density at radius 3 is 2.50 bits per heavy atom. The lowest BCUT2D eigenvalue weighted by molar-refractivity contribution is 0.0949. The summed E-state index contributed by atoms with van der Waals surface area (Å²) >= 11 is 0. The number of carbonyl (C=O) groups excluding carboxylic acids is 1. The number of amides is 1. The van der Waals surface area contributed by atoms with Crippen molar-refractivity contribution in [2.24, 2.45) is 12.1 Å². The second-order valence-corrected chi connectivity index (χ2v) is 6.28. The quantitative estimate of drug-likeness (QED) is 0.584. The van der Waals surface area contributed by atoms with E-state index in [0.717, 1.165) is 15.8 Å². The van der Waals surface area contributed by atoms with Gasteiger partial charge in [-0.1, -0.05) is 42.0 Å². The normalized spacial score (nSPS) is 11.6. The van der Waals surface area contributed by atoms with Gasteiger partial charge in [0.2, 0.25) is 0 Å². The summed E-state index contributed by atoms with van der Waals surface area (Å²) in [5.41, 5.74) is 6.40. The van der Waals surface area contributed by atoms with Crippen molar-refractivity contribution in [3.05, 3.63) is 75.2 Å². The zero-order chi connectivity index (χ0) is 18.8. The number of nitrogens with one attached hydrogen (secondary N) is 1. The average Bonchev–Trinajstić information content (AvgIpc) is 2.62. The van der Waals surface area contributed by atoms with Crippen LogP contribution in [0.5, 0.6) is 0 Å². The first-order valence-electron chi connectivity index (χ1n) is 8.27. The predicted molar refractivity (Wildman–Crippen MR) is 103 cm³/mol. The highest BCUT2D eigenvalue weighted by Crippen LogP contribution is 2.14. The van der Waals surface area contributed by atoms with E-state index in [2.05, 4.69) is 21.7 Å². The fourth-order valence-electron chi connectivity index (χ4n) is 2.93. The highest BCUT2D eigenvalue weighted by Gasteiger charge is 2.15. The molecule has 1 aromatic heterocycles. The largest absolute Gasteiger partial charge is 0.292 e. The van der Waals surface area contributed by atoms with E-state index in [9.17, 15) is 9.59 Å². The van der Waals surface area contributed by atoms with Crippen molar-refractivity contribution < 1.29 is 4.79 Å². The average molecular weight is 348 g/mol. The molecule has 1 amide bonds. The molecule has 2 aromatic carbocycles. The van der Waals surface area contributed by atoms with E-state index in [1.54, 1.807) is 24.3 Å². The molecular weight excluding hydrogens is 328 g/mol. The monoisotopic (exact) mass is 348 g/mol. The number of aryl methyl sites for hydroxylation is 3. The Morgan fingerprint density at radius 2 is 1.81 bits per heavy atom. The van der Waals surface area contributed by atoms with E-state index >= 15 is 0 Å². The summed E-state index contributed by atoms with van der Waals surface area (Å²) in [5.74, 6) is -0.457. The third-order valence-electron chi connectivity index (χ3n) is 4.27. The van der Waals surface area contributed by atoms with E-state index in [0.29, 0.717) is 16.5 Å². The Bertz CT molecular complexity index is 1100. The first-order chi connectivity index (χ1) is 12.4. The van der Waals surface area contributed by atoms with Gasteiger partial charge in [0.15, 0.2) is 5.69 Å². The van der Waals surface area contributed by atoms with E-state index in [1.807, 2.05) is 32.9 Å². The molecule has 0 unspecified atom stereocenters. The molecule has 0 aliphatic heterocycles. The molecule has 1 heterocycles. The van der Waals surface area contributed by atoms with Crippen LogP contribution < -0.4 is 11.0 Å². The first kappa shape index (κ1) is 17.5. The number of benzene rings is 2. The Kier molecular flexibility index (Phi) is 4.67. The van der Waals surface area contributed by atoms with Crippen molar-refractivity contribution in [3.8, 4) is 0 Å². The third-order valence-corrected chi connectivity index (χ3v) is 4.27. The third kappa shape index (κ3) is 3.26. The second-order valence-electron chi connectivity index (χ2n) is 6.28. The van der Waals surface area contributed by atoms with Gasteiger partial charge < -0.3 is 0 Å². The van der Waals surface area contributed by atoms with Crippen molar-refractivity contribution in [1.29, 1.82) is 0 Å². The van der Waals surface area contributed by atoms with Crippen LogP contribution in [0, 0.1) is 13.8 Å². The number of aromatic nitrogens is 2. The van der Waals surface area contributed by atoms with Crippen molar-refractivity contribution >= 4 is 22.4 Å². The maximum atomic E-state index is 12.6. The van der Waals surface area contributed by atoms with Gasteiger partial charge in [0.25, 0.3) is 11.5 Å². The van der Waals surface area contributed by atoms with Crippen LogP contribution in [0.15, 0.2) is 52.4 Å². The van der Waals surface area contributed by atoms with E-state index in [4.69, 9.17) is 0 Å². The summed E-state index contributed by atoms with van der Waals surface area (Å²) in [7, 11) is 1.52. The zero-order valence-corrected chi connectivity index (χ0v) is 15.2. The molecule has 3 rings (SSSR count). The van der Waals surface area contributed by atoms with Crippen molar-refractivity contribution in [2.45, 2.75) is 20.8 Å². The molecule has 0 fully saturated rings. The molecule has 0 bridgehead atoms. The van der Waals surface area contributed by atoms with Crippen LogP contribution >= 0.6 is 0 Å². The minimum absolute atomic E-state index is 0.167. The number of rotatable bonds is 3. The summed E-state index contributed by atoms with van der Waals surface area (Å²) in [6, 6.07) is 13.0.